The molecule has 0 aliphatic carbocycles. The van der Waals surface area contributed by atoms with Crippen LogP contribution in [0.15, 0.2) is 18.2 Å². The highest BCUT2D eigenvalue weighted by molar-refractivity contribution is 7.90. The number of aryl methyl sites for hydroxylation is 1. The highest BCUT2D eigenvalue weighted by Crippen LogP contribution is 2.22. The second-order valence-corrected chi connectivity index (χ2v) is 6.93. The molecule has 112 valence electrons. The summed E-state index contributed by atoms with van der Waals surface area (Å²) in [6.45, 7) is 6.26. The van der Waals surface area contributed by atoms with Gasteiger partial charge in [0, 0.05) is 18.8 Å². The highest BCUT2D eigenvalue weighted by atomic mass is 32.2. The van der Waals surface area contributed by atoms with Crippen LogP contribution in [-0.4, -0.2) is 38.0 Å². The summed E-state index contributed by atoms with van der Waals surface area (Å²) in [5.74, 6) is 0. The number of morpholine rings is 1. The molecule has 0 amide bonds. The molecule has 1 aliphatic heterocycles. The minimum Gasteiger partial charge on any atom is -0.399 e. The lowest BCUT2D eigenvalue weighted by Gasteiger charge is -2.34. The lowest BCUT2D eigenvalue weighted by molar-refractivity contribution is -0.0439. The van der Waals surface area contributed by atoms with Gasteiger partial charge in [0.15, 0.2) is 0 Å². The first-order valence-electron chi connectivity index (χ1n) is 6.57. The normalized spacial score (nSPS) is 24.6. The quantitative estimate of drug-likeness (QED) is 0.825. The molecule has 0 saturated carbocycles. The van der Waals surface area contributed by atoms with E-state index in [0.29, 0.717) is 24.5 Å². The third-order valence-electron chi connectivity index (χ3n) is 3.23. The average molecular weight is 299 g/mol. The molecule has 7 heteroatoms. The van der Waals surface area contributed by atoms with Gasteiger partial charge in [-0.15, -0.1) is 0 Å². The smallest absolute Gasteiger partial charge is 0.301 e. The molecule has 1 aliphatic rings. The zero-order chi connectivity index (χ0) is 14.9. The number of anilines is 2. The Bertz CT molecular complexity index is 579. The number of nitrogens with one attached hydrogen (secondary N) is 1. The Kier molecular flexibility index (Phi) is 4.22. The zero-order valence-corrected chi connectivity index (χ0v) is 12.8. The maximum Gasteiger partial charge on any atom is 0.301 e. The number of nitrogen functional groups attached to an aromatic ring is 1. The van der Waals surface area contributed by atoms with Gasteiger partial charge in [0.05, 0.1) is 17.9 Å². The van der Waals surface area contributed by atoms with Crippen molar-refractivity contribution in [2.75, 3.05) is 23.5 Å². The number of benzene rings is 1. The first-order chi connectivity index (χ1) is 9.28. The van der Waals surface area contributed by atoms with E-state index in [1.54, 1.807) is 18.2 Å². The molecule has 1 heterocycles. The molecule has 20 heavy (non-hydrogen) atoms. The molecule has 1 aromatic rings. The second-order valence-electron chi connectivity index (χ2n) is 5.26. The minimum absolute atomic E-state index is 0.114. The monoisotopic (exact) mass is 299 g/mol. The van der Waals surface area contributed by atoms with Gasteiger partial charge in [0.2, 0.25) is 0 Å². The van der Waals surface area contributed by atoms with Crippen LogP contribution in [0.1, 0.15) is 19.4 Å². The molecule has 1 fully saturated rings. The van der Waals surface area contributed by atoms with Crippen LogP contribution in [0.4, 0.5) is 11.4 Å². The zero-order valence-electron chi connectivity index (χ0n) is 12.0. The molecule has 6 nitrogen and oxygen atoms in total. The summed E-state index contributed by atoms with van der Waals surface area (Å²) in [5.41, 5.74) is 7.57. The van der Waals surface area contributed by atoms with Crippen LogP contribution >= 0.6 is 0 Å². The summed E-state index contributed by atoms with van der Waals surface area (Å²) < 4.78 is 34.4. The standard InChI is InChI=1S/C13H21N3O3S/c1-9-4-5-12(14)6-13(9)15-20(17,18)16-7-10(2)19-11(3)8-16/h4-6,10-11,15H,7-8,14H2,1-3H3. The summed E-state index contributed by atoms with van der Waals surface area (Å²) in [6, 6.07) is 5.16. The van der Waals surface area contributed by atoms with Gasteiger partial charge in [-0.2, -0.15) is 12.7 Å². The van der Waals surface area contributed by atoms with Crippen LogP contribution < -0.4 is 10.5 Å². The third-order valence-corrected chi connectivity index (χ3v) is 4.68. The fraction of sp³-hybridized carbons (Fsp3) is 0.538. The Morgan fingerprint density at radius 3 is 2.50 bits per heavy atom. The van der Waals surface area contributed by atoms with Crippen molar-refractivity contribution in [1.29, 1.82) is 0 Å². The maximum atomic E-state index is 12.4. The van der Waals surface area contributed by atoms with Crippen molar-refractivity contribution in [2.24, 2.45) is 0 Å². The van der Waals surface area contributed by atoms with E-state index in [4.69, 9.17) is 10.5 Å². The topological polar surface area (TPSA) is 84.7 Å². The molecular weight excluding hydrogens is 278 g/mol. The van der Waals surface area contributed by atoms with Gasteiger partial charge in [0.25, 0.3) is 0 Å². The molecule has 2 unspecified atom stereocenters. The first-order valence-corrected chi connectivity index (χ1v) is 8.01. The Balaban J connectivity index is 2.20. The largest absolute Gasteiger partial charge is 0.399 e. The van der Waals surface area contributed by atoms with E-state index in [2.05, 4.69) is 4.72 Å². The van der Waals surface area contributed by atoms with Crippen molar-refractivity contribution in [3.05, 3.63) is 23.8 Å². The molecule has 2 rings (SSSR count). The van der Waals surface area contributed by atoms with E-state index in [1.807, 2.05) is 20.8 Å². The van der Waals surface area contributed by atoms with Crippen LogP contribution in [0.3, 0.4) is 0 Å². The molecule has 1 saturated heterocycles. The summed E-state index contributed by atoms with van der Waals surface area (Å²) in [4.78, 5) is 0. The number of hydrogen-bond donors (Lipinski definition) is 2. The van der Waals surface area contributed by atoms with Crippen molar-refractivity contribution in [3.63, 3.8) is 0 Å². The molecular formula is C13H21N3O3S. The lowest BCUT2D eigenvalue weighted by Crippen LogP contribution is -2.49. The van der Waals surface area contributed by atoms with E-state index in [9.17, 15) is 8.42 Å². The van der Waals surface area contributed by atoms with E-state index in [0.717, 1.165) is 5.56 Å². The Hall–Kier alpha value is -1.31. The molecule has 0 radical (unpaired) electrons. The molecule has 0 spiro atoms. The van der Waals surface area contributed by atoms with Gasteiger partial charge in [-0.05, 0) is 38.5 Å². The number of ether oxygens (including phenoxy) is 1. The molecule has 3 N–H and O–H groups in total. The third kappa shape index (κ3) is 3.41. The molecule has 0 bridgehead atoms. The van der Waals surface area contributed by atoms with E-state index < -0.39 is 10.2 Å². The predicted octanol–water partition coefficient (Wildman–Crippen LogP) is 1.34. The van der Waals surface area contributed by atoms with Crippen molar-refractivity contribution in [3.8, 4) is 0 Å². The second kappa shape index (κ2) is 5.59. The van der Waals surface area contributed by atoms with Gasteiger partial charge >= 0.3 is 10.2 Å². The lowest BCUT2D eigenvalue weighted by atomic mass is 10.2. The highest BCUT2D eigenvalue weighted by Gasteiger charge is 2.31. The van der Waals surface area contributed by atoms with Crippen LogP contribution in [0, 0.1) is 6.92 Å². The molecule has 2 atom stereocenters. The molecule has 0 aromatic heterocycles. The number of nitrogens with two attached hydrogens (primary N) is 1. The number of rotatable bonds is 3. The van der Waals surface area contributed by atoms with Crippen LogP contribution in [-0.2, 0) is 14.9 Å². The summed E-state index contributed by atoms with van der Waals surface area (Å²) in [5, 5.41) is 0. The Morgan fingerprint density at radius 2 is 1.90 bits per heavy atom. The van der Waals surface area contributed by atoms with Gasteiger partial charge in [-0.1, -0.05) is 6.07 Å². The SMILES string of the molecule is Cc1ccc(N)cc1NS(=O)(=O)N1CC(C)OC(C)C1. The molecule has 1 aromatic carbocycles. The fourth-order valence-electron chi connectivity index (χ4n) is 2.28. The number of nitrogens with zero attached hydrogens (tertiary/aromatic N) is 1. The van der Waals surface area contributed by atoms with Crippen LogP contribution in [0.25, 0.3) is 0 Å². The van der Waals surface area contributed by atoms with E-state index >= 15 is 0 Å². The van der Waals surface area contributed by atoms with Crippen molar-refractivity contribution >= 4 is 21.6 Å². The van der Waals surface area contributed by atoms with Gasteiger partial charge in [-0.3, -0.25) is 4.72 Å². The first kappa shape index (κ1) is 15.1. The van der Waals surface area contributed by atoms with Crippen molar-refractivity contribution < 1.29 is 13.2 Å². The van der Waals surface area contributed by atoms with Crippen LogP contribution in [0.2, 0.25) is 0 Å². The predicted molar refractivity (Wildman–Crippen MR) is 79.7 cm³/mol. The maximum absolute atomic E-state index is 12.4. The van der Waals surface area contributed by atoms with Gasteiger partial charge in [-0.25, -0.2) is 0 Å². The van der Waals surface area contributed by atoms with Crippen molar-refractivity contribution in [1.82, 2.24) is 4.31 Å². The summed E-state index contributed by atoms with van der Waals surface area (Å²) in [7, 11) is -3.59. The van der Waals surface area contributed by atoms with Crippen molar-refractivity contribution in [2.45, 2.75) is 33.0 Å². The average Bonchev–Trinajstić information content (AvgIpc) is 2.32. The summed E-state index contributed by atoms with van der Waals surface area (Å²) in [6.07, 6.45) is -0.227. The van der Waals surface area contributed by atoms with Gasteiger partial charge in [0.1, 0.15) is 0 Å². The van der Waals surface area contributed by atoms with Crippen LogP contribution in [0.5, 0.6) is 0 Å². The fourth-order valence-corrected chi connectivity index (χ4v) is 3.72. The van der Waals surface area contributed by atoms with E-state index in [1.165, 1.54) is 4.31 Å². The van der Waals surface area contributed by atoms with E-state index in [-0.39, 0.29) is 12.2 Å². The Labute approximate surface area is 120 Å². The summed E-state index contributed by atoms with van der Waals surface area (Å²) >= 11 is 0. The Morgan fingerprint density at radius 1 is 1.30 bits per heavy atom. The minimum atomic E-state index is -3.59. The number of hydrogen-bond acceptors (Lipinski definition) is 4. The van der Waals surface area contributed by atoms with Gasteiger partial charge < -0.3 is 10.5 Å².